The van der Waals surface area contributed by atoms with Crippen LogP contribution in [0.25, 0.3) is 0 Å². The molecule has 0 bridgehead atoms. The van der Waals surface area contributed by atoms with E-state index < -0.39 is 23.8 Å². The number of hydrogen-bond donors (Lipinski definition) is 3. The number of allylic oxidation sites excluding steroid dienone is 2. The molecule has 2 amide bonds. The standard InChI is InChI=1S/C25H36N2O6/c1-7-17(18(8-2)15-27-24(31)33-25(3,4)5)13-14-21(28)16-26-22(29)19-9-11-20(12-10-19)23(30)32-6/h7-12,21,28H,13-16H2,1-6H3,(H,26,29)(H,27,31)/b17-7-,18-8-. The number of carbonyl (C=O) groups is 3. The summed E-state index contributed by atoms with van der Waals surface area (Å²) in [5.41, 5.74) is 2.10. The lowest BCUT2D eigenvalue weighted by molar-refractivity contribution is 0.0531. The highest BCUT2D eigenvalue weighted by atomic mass is 16.6. The number of nitrogens with one attached hydrogen (secondary N) is 2. The topological polar surface area (TPSA) is 114 Å². The fraction of sp³-hybridized carbons (Fsp3) is 0.480. The van der Waals surface area contributed by atoms with Gasteiger partial charge in [-0.15, -0.1) is 0 Å². The van der Waals surface area contributed by atoms with Gasteiger partial charge in [0.25, 0.3) is 5.91 Å². The Morgan fingerprint density at radius 1 is 1.00 bits per heavy atom. The first kappa shape index (κ1) is 27.9. The minimum atomic E-state index is -0.741. The van der Waals surface area contributed by atoms with Gasteiger partial charge in [0.1, 0.15) is 5.60 Å². The van der Waals surface area contributed by atoms with Crippen LogP contribution >= 0.6 is 0 Å². The number of amides is 2. The Labute approximate surface area is 196 Å². The van der Waals surface area contributed by atoms with Gasteiger partial charge in [-0.25, -0.2) is 9.59 Å². The normalized spacial score (nSPS) is 13.2. The Hall–Kier alpha value is -3.13. The van der Waals surface area contributed by atoms with Crippen LogP contribution in [0.3, 0.4) is 0 Å². The van der Waals surface area contributed by atoms with E-state index in [1.807, 2.05) is 26.0 Å². The van der Waals surface area contributed by atoms with Crippen molar-refractivity contribution >= 4 is 18.0 Å². The van der Waals surface area contributed by atoms with Gasteiger partial charge < -0.3 is 25.2 Å². The van der Waals surface area contributed by atoms with Gasteiger partial charge in [-0.2, -0.15) is 0 Å². The molecule has 8 nitrogen and oxygen atoms in total. The van der Waals surface area contributed by atoms with Gasteiger partial charge in [-0.1, -0.05) is 12.2 Å². The number of carbonyl (C=O) groups excluding carboxylic acids is 3. The summed E-state index contributed by atoms with van der Waals surface area (Å²) in [6.07, 6.45) is 3.65. The maximum absolute atomic E-state index is 12.3. The molecule has 33 heavy (non-hydrogen) atoms. The molecule has 182 valence electrons. The van der Waals surface area contributed by atoms with E-state index in [2.05, 4.69) is 15.4 Å². The first-order valence-corrected chi connectivity index (χ1v) is 10.9. The molecule has 1 unspecified atom stereocenters. The van der Waals surface area contributed by atoms with Crippen molar-refractivity contribution < 1.29 is 29.0 Å². The molecule has 0 aliphatic carbocycles. The molecule has 0 saturated carbocycles. The number of benzene rings is 1. The minimum absolute atomic E-state index is 0.0932. The van der Waals surface area contributed by atoms with Gasteiger partial charge in [0.15, 0.2) is 0 Å². The van der Waals surface area contributed by atoms with Gasteiger partial charge in [-0.05, 0) is 82.9 Å². The number of aliphatic hydroxyl groups is 1. The largest absolute Gasteiger partial charge is 0.465 e. The molecule has 0 aliphatic rings. The van der Waals surface area contributed by atoms with Crippen molar-refractivity contribution in [2.45, 2.75) is 59.2 Å². The molecule has 3 N–H and O–H groups in total. The third-order valence-corrected chi connectivity index (χ3v) is 4.74. The Kier molecular flexibility index (Phi) is 11.4. The number of aliphatic hydroxyl groups excluding tert-OH is 1. The summed E-state index contributed by atoms with van der Waals surface area (Å²) in [6.45, 7) is 9.61. The van der Waals surface area contributed by atoms with Crippen LogP contribution in [0.5, 0.6) is 0 Å². The van der Waals surface area contributed by atoms with E-state index >= 15 is 0 Å². The van der Waals surface area contributed by atoms with Crippen LogP contribution in [0, 0.1) is 0 Å². The van der Waals surface area contributed by atoms with Crippen molar-refractivity contribution in [2.24, 2.45) is 0 Å². The van der Waals surface area contributed by atoms with Crippen molar-refractivity contribution in [3.05, 3.63) is 58.7 Å². The van der Waals surface area contributed by atoms with Crippen LogP contribution in [-0.4, -0.2) is 55.0 Å². The van der Waals surface area contributed by atoms with E-state index in [0.29, 0.717) is 30.5 Å². The summed E-state index contributed by atoms with van der Waals surface area (Å²) < 4.78 is 9.89. The molecular weight excluding hydrogens is 424 g/mol. The van der Waals surface area contributed by atoms with Gasteiger partial charge in [-0.3, -0.25) is 4.79 Å². The van der Waals surface area contributed by atoms with E-state index in [-0.39, 0.29) is 12.5 Å². The van der Waals surface area contributed by atoms with Crippen LogP contribution in [0.1, 0.15) is 68.2 Å². The van der Waals surface area contributed by atoms with E-state index in [0.717, 1.165) is 11.1 Å². The highest BCUT2D eigenvalue weighted by Crippen LogP contribution is 2.17. The van der Waals surface area contributed by atoms with E-state index in [1.165, 1.54) is 31.4 Å². The Balaban J connectivity index is 2.51. The third kappa shape index (κ3) is 10.4. The lowest BCUT2D eigenvalue weighted by Gasteiger charge is -2.21. The fourth-order valence-electron chi connectivity index (χ4n) is 2.99. The molecule has 1 atom stereocenters. The first-order chi connectivity index (χ1) is 15.5. The summed E-state index contributed by atoms with van der Waals surface area (Å²) >= 11 is 0. The Morgan fingerprint density at radius 3 is 2.09 bits per heavy atom. The van der Waals surface area contributed by atoms with Gasteiger partial charge >= 0.3 is 12.1 Å². The molecule has 0 heterocycles. The quantitative estimate of drug-likeness (QED) is 0.362. The lowest BCUT2D eigenvalue weighted by atomic mass is 9.98. The summed E-state index contributed by atoms with van der Waals surface area (Å²) in [6, 6.07) is 6.09. The van der Waals surface area contributed by atoms with E-state index in [9.17, 15) is 19.5 Å². The predicted octanol–water partition coefficient (Wildman–Crippen LogP) is 3.76. The zero-order valence-electron chi connectivity index (χ0n) is 20.4. The van der Waals surface area contributed by atoms with Gasteiger partial charge in [0.05, 0.1) is 18.8 Å². The third-order valence-electron chi connectivity index (χ3n) is 4.74. The SMILES string of the molecule is C/C=C(CCC(O)CNC(=O)c1ccc(C(=O)OC)cc1)\C(=C/C)CNC(=O)OC(C)(C)C. The van der Waals surface area contributed by atoms with E-state index in [4.69, 9.17) is 4.74 Å². The second-order valence-corrected chi connectivity index (χ2v) is 8.45. The molecule has 0 saturated heterocycles. The summed E-state index contributed by atoms with van der Waals surface area (Å²) in [5, 5.41) is 15.8. The number of hydrogen-bond acceptors (Lipinski definition) is 6. The molecular formula is C25H36N2O6. The molecule has 8 heteroatoms. The molecule has 1 aromatic rings. The highest BCUT2D eigenvalue weighted by molar-refractivity contribution is 5.96. The number of rotatable bonds is 10. The first-order valence-electron chi connectivity index (χ1n) is 10.9. The molecule has 1 aromatic carbocycles. The van der Waals surface area contributed by atoms with Crippen molar-refractivity contribution in [1.29, 1.82) is 0 Å². The van der Waals surface area contributed by atoms with Crippen LogP contribution in [0.2, 0.25) is 0 Å². The van der Waals surface area contributed by atoms with E-state index in [1.54, 1.807) is 20.8 Å². The zero-order chi connectivity index (χ0) is 25.0. The zero-order valence-corrected chi connectivity index (χ0v) is 20.4. The van der Waals surface area contributed by atoms with Crippen LogP contribution in [-0.2, 0) is 9.47 Å². The predicted molar refractivity (Wildman–Crippen MR) is 127 cm³/mol. The van der Waals surface area contributed by atoms with Crippen molar-refractivity contribution in [3.8, 4) is 0 Å². The second kappa shape index (κ2) is 13.4. The summed E-state index contributed by atoms with van der Waals surface area (Å²) in [7, 11) is 1.29. The average molecular weight is 461 g/mol. The number of esters is 1. The fourth-order valence-corrected chi connectivity index (χ4v) is 2.99. The molecule has 0 spiro atoms. The Morgan fingerprint density at radius 2 is 1.58 bits per heavy atom. The summed E-state index contributed by atoms with van der Waals surface area (Å²) in [4.78, 5) is 35.7. The molecule has 0 aromatic heterocycles. The van der Waals surface area contributed by atoms with Gasteiger partial charge in [0.2, 0.25) is 0 Å². The number of methoxy groups -OCH3 is 1. The van der Waals surface area contributed by atoms with Crippen LogP contribution < -0.4 is 10.6 Å². The van der Waals surface area contributed by atoms with Crippen LogP contribution in [0.4, 0.5) is 4.79 Å². The second-order valence-electron chi connectivity index (χ2n) is 8.45. The molecule has 0 radical (unpaired) electrons. The maximum atomic E-state index is 12.3. The minimum Gasteiger partial charge on any atom is -0.465 e. The Bertz CT molecular complexity index is 866. The van der Waals surface area contributed by atoms with Crippen LogP contribution in [0.15, 0.2) is 47.6 Å². The number of ether oxygens (including phenoxy) is 2. The monoisotopic (exact) mass is 460 g/mol. The van der Waals surface area contributed by atoms with Crippen molar-refractivity contribution in [3.63, 3.8) is 0 Å². The molecule has 1 rings (SSSR count). The smallest absolute Gasteiger partial charge is 0.407 e. The maximum Gasteiger partial charge on any atom is 0.407 e. The highest BCUT2D eigenvalue weighted by Gasteiger charge is 2.17. The molecule has 0 aliphatic heterocycles. The average Bonchev–Trinajstić information content (AvgIpc) is 2.77. The van der Waals surface area contributed by atoms with Gasteiger partial charge in [0, 0.05) is 18.7 Å². The summed E-state index contributed by atoms with van der Waals surface area (Å²) in [5.74, 6) is -0.814. The van der Waals surface area contributed by atoms with Crippen molar-refractivity contribution in [1.82, 2.24) is 10.6 Å². The molecule has 0 fully saturated rings. The lowest BCUT2D eigenvalue weighted by Crippen LogP contribution is -2.34. The van der Waals surface area contributed by atoms with Crippen molar-refractivity contribution in [2.75, 3.05) is 20.2 Å². The number of alkyl carbamates (subject to hydrolysis) is 1.